The molecule has 0 fully saturated rings. The van der Waals surface area contributed by atoms with Gasteiger partial charge in [0.2, 0.25) is 0 Å². The van der Waals surface area contributed by atoms with Gasteiger partial charge in [-0.15, -0.1) is 3.94 Å². The molecule has 0 amide bonds. The fourth-order valence-electron chi connectivity index (χ4n) is 2.52. The number of quaternary nitrogens is 1. The summed E-state index contributed by atoms with van der Waals surface area (Å²) in [5.41, 5.74) is 0.733. The third-order valence-corrected chi connectivity index (χ3v) is 6.84. The Hall–Kier alpha value is -0.410. The Labute approximate surface area is 200 Å². The molecular weight excluding hydrogens is 459 g/mol. The van der Waals surface area contributed by atoms with Gasteiger partial charge in [-0.3, -0.25) is 0 Å². The van der Waals surface area contributed by atoms with Crippen molar-refractivity contribution in [3.05, 3.63) is 29.8 Å². The number of hydrogen-bond acceptors (Lipinski definition) is 5. The van der Waals surface area contributed by atoms with E-state index in [2.05, 4.69) is 34.9 Å². The van der Waals surface area contributed by atoms with Gasteiger partial charge in [-0.05, 0) is 62.9 Å². The lowest BCUT2D eigenvalue weighted by Crippen LogP contribution is -2.46. The van der Waals surface area contributed by atoms with Gasteiger partial charge in [-0.25, -0.2) is 8.42 Å². The molecule has 182 valence electrons. The number of halogens is 2. The van der Waals surface area contributed by atoms with Crippen molar-refractivity contribution < 1.29 is 22.2 Å². The Morgan fingerprint density at radius 3 is 2.10 bits per heavy atom. The van der Waals surface area contributed by atoms with Gasteiger partial charge >= 0.3 is 0 Å². The smallest absolute Gasteiger partial charge is 0.124 e. The highest BCUT2D eigenvalue weighted by atomic mass is 35.5. The molecule has 0 bridgehead atoms. The zero-order chi connectivity index (χ0) is 24.1. The van der Waals surface area contributed by atoms with Crippen LogP contribution in [0.3, 0.4) is 0 Å². The van der Waals surface area contributed by atoms with Crippen molar-refractivity contribution in [2.75, 3.05) is 40.4 Å². The van der Waals surface area contributed by atoms with E-state index in [1.807, 2.05) is 6.92 Å². The minimum absolute atomic E-state index is 0.178. The fourth-order valence-corrected chi connectivity index (χ4v) is 3.16. The molecule has 0 spiro atoms. The Morgan fingerprint density at radius 1 is 1.03 bits per heavy atom. The summed E-state index contributed by atoms with van der Waals surface area (Å²) < 4.78 is 39.1. The van der Waals surface area contributed by atoms with E-state index in [-0.39, 0.29) is 10.4 Å². The maximum absolute atomic E-state index is 10.4. The first-order valence-electron chi connectivity index (χ1n) is 10.8. The zero-order valence-electron chi connectivity index (χ0n) is 19.9. The summed E-state index contributed by atoms with van der Waals surface area (Å²) >= 11 is 11.7. The Balaban J connectivity index is 0.000000683. The lowest BCUT2D eigenvalue weighted by atomic mass is 10.0. The molecule has 9 heteroatoms. The second kappa shape index (κ2) is 14.7. The standard InChI is InChI=1S/C15H33Cl2N2O.C7H8O3S/c1-6-7-8-9-13-20-14-12-19(4,5)11-10-15(2,3)18(16)17;1-6-2-4-7(5-3-6)11(8,9)10/h6-14H2,1-5H3;2-5H,1H3,(H,8,9,10)/q+1;/p-1. The highest BCUT2D eigenvalue weighted by Crippen LogP contribution is 2.24. The largest absolute Gasteiger partial charge is 0.744 e. The average Bonchev–Trinajstić information content (AvgIpc) is 2.66. The summed E-state index contributed by atoms with van der Waals surface area (Å²) in [7, 11) is 0.181. The van der Waals surface area contributed by atoms with Gasteiger partial charge in [0.25, 0.3) is 0 Å². The Kier molecular flexibility index (Phi) is 14.5. The fraction of sp³-hybridized carbons (Fsp3) is 0.727. The summed E-state index contributed by atoms with van der Waals surface area (Å²) in [6.45, 7) is 11.9. The number of benzene rings is 1. The monoisotopic (exact) mass is 498 g/mol. The van der Waals surface area contributed by atoms with E-state index in [0.717, 1.165) is 42.8 Å². The van der Waals surface area contributed by atoms with E-state index in [4.69, 9.17) is 28.3 Å². The van der Waals surface area contributed by atoms with Gasteiger partial charge in [-0.2, -0.15) is 0 Å². The lowest BCUT2D eigenvalue weighted by molar-refractivity contribution is -0.891. The van der Waals surface area contributed by atoms with Crippen molar-refractivity contribution in [2.24, 2.45) is 0 Å². The van der Waals surface area contributed by atoms with Gasteiger partial charge in [0.1, 0.15) is 16.7 Å². The van der Waals surface area contributed by atoms with E-state index in [9.17, 15) is 13.0 Å². The van der Waals surface area contributed by atoms with E-state index < -0.39 is 10.1 Å². The van der Waals surface area contributed by atoms with E-state index in [1.54, 1.807) is 12.1 Å². The SMILES string of the molecule is CCCCCCOCC[N+](C)(C)CCC(C)(C)N(Cl)Cl.Cc1ccc(S(=O)(=O)[O-])cc1. The number of rotatable bonds is 13. The molecule has 31 heavy (non-hydrogen) atoms. The third-order valence-electron chi connectivity index (χ3n) is 5.08. The number of unbranched alkanes of at least 4 members (excludes halogenated alkanes) is 3. The molecule has 0 aromatic heterocycles. The molecule has 0 heterocycles. The quantitative estimate of drug-likeness (QED) is 0.159. The van der Waals surface area contributed by atoms with Crippen molar-refractivity contribution in [1.82, 2.24) is 3.94 Å². The van der Waals surface area contributed by atoms with Crippen molar-refractivity contribution in [2.45, 2.75) is 70.2 Å². The molecule has 6 nitrogen and oxygen atoms in total. The van der Waals surface area contributed by atoms with Crippen LogP contribution < -0.4 is 0 Å². The van der Waals surface area contributed by atoms with Crippen LogP contribution in [-0.4, -0.2) is 67.3 Å². The number of ether oxygens (including phenoxy) is 1. The average molecular weight is 500 g/mol. The maximum atomic E-state index is 10.4. The van der Waals surface area contributed by atoms with Gasteiger partial charge < -0.3 is 13.8 Å². The van der Waals surface area contributed by atoms with Crippen LogP contribution >= 0.6 is 23.6 Å². The first-order chi connectivity index (χ1) is 14.2. The molecule has 0 aliphatic carbocycles. The lowest BCUT2D eigenvalue weighted by Gasteiger charge is -2.34. The molecule has 0 saturated heterocycles. The molecule has 0 saturated carbocycles. The second-order valence-corrected chi connectivity index (χ2v) is 11.3. The van der Waals surface area contributed by atoms with Gasteiger partial charge in [0, 0.05) is 13.0 Å². The zero-order valence-corrected chi connectivity index (χ0v) is 22.2. The van der Waals surface area contributed by atoms with E-state index in [1.165, 1.54) is 41.8 Å². The van der Waals surface area contributed by atoms with E-state index >= 15 is 0 Å². The summed E-state index contributed by atoms with van der Waals surface area (Å²) in [5, 5.41) is 0. The topological polar surface area (TPSA) is 69.7 Å². The van der Waals surface area contributed by atoms with Gasteiger partial charge in [-0.1, -0.05) is 43.9 Å². The predicted molar refractivity (Wildman–Crippen MR) is 128 cm³/mol. The minimum atomic E-state index is -4.27. The third kappa shape index (κ3) is 15.1. The molecule has 0 N–H and O–H groups in total. The van der Waals surface area contributed by atoms with Crippen molar-refractivity contribution in [3.63, 3.8) is 0 Å². The number of aryl methyl sites for hydroxylation is 1. The first kappa shape index (κ1) is 30.6. The summed E-state index contributed by atoms with van der Waals surface area (Å²) in [5.74, 6) is 0. The van der Waals surface area contributed by atoms with Gasteiger partial charge in [0.05, 0.1) is 37.7 Å². The highest BCUT2D eigenvalue weighted by Gasteiger charge is 2.28. The van der Waals surface area contributed by atoms with Crippen LogP contribution in [0.15, 0.2) is 29.2 Å². The van der Waals surface area contributed by atoms with Crippen LogP contribution in [0.4, 0.5) is 0 Å². The van der Waals surface area contributed by atoms with Crippen molar-refractivity contribution in [1.29, 1.82) is 0 Å². The van der Waals surface area contributed by atoms with Crippen LogP contribution in [0.5, 0.6) is 0 Å². The first-order valence-corrected chi connectivity index (χ1v) is 12.8. The molecule has 0 aliphatic heterocycles. The molecule has 0 atom stereocenters. The highest BCUT2D eigenvalue weighted by molar-refractivity contribution is 7.85. The number of nitrogens with zero attached hydrogens (tertiary/aromatic N) is 2. The van der Waals surface area contributed by atoms with Crippen molar-refractivity contribution >= 4 is 33.7 Å². The van der Waals surface area contributed by atoms with Crippen molar-refractivity contribution in [3.8, 4) is 0 Å². The molecular formula is C22H40Cl2N2O4S. The summed E-state index contributed by atoms with van der Waals surface area (Å²) in [4.78, 5) is -0.178. The minimum Gasteiger partial charge on any atom is -0.744 e. The van der Waals surface area contributed by atoms with Crippen LogP contribution in [0.25, 0.3) is 0 Å². The van der Waals surface area contributed by atoms with Crippen LogP contribution in [0.2, 0.25) is 0 Å². The van der Waals surface area contributed by atoms with Gasteiger partial charge in [0.15, 0.2) is 0 Å². The van der Waals surface area contributed by atoms with Crippen LogP contribution in [-0.2, 0) is 14.9 Å². The molecule has 1 rings (SSSR count). The molecule has 1 aromatic rings. The summed E-state index contributed by atoms with van der Waals surface area (Å²) in [6, 6.07) is 5.78. The summed E-state index contributed by atoms with van der Waals surface area (Å²) in [6.07, 6.45) is 6.00. The molecule has 1 aromatic carbocycles. The number of hydrogen-bond donors (Lipinski definition) is 0. The predicted octanol–water partition coefficient (Wildman–Crippen LogP) is 5.34. The molecule has 0 unspecified atom stereocenters. The Bertz CT molecular complexity index is 709. The molecule has 0 radical (unpaired) electrons. The molecule has 0 aliphatic rings. The van der Waals surface area contributed by atoms with Crippen LogP contribution in [0.1, 0.15) is 58.4 Å². The van der Waals surface area contributed by atoms with E-state index in [0.29, 0.717) is 0 Å². The number of likely N-dealkylation sites (N-methyl/N-ethyl adjacent to an activating group) is 1. The Morgan fingerprint density at radius 2 is 1.61 bits per heavy atom. The van der Waals surface area contributed by atoms with Crippen LogP contribution in [0, 0.1) is 6.92 Å². The maximum Gasteiger partial charge on any atom is 0.124 e. The second-order valence-electron chi connectivity index (χ2n) is 9.12. The normalized spacial score (nSPS) is 12.6.